The van der Waals surface area contributed by atoms with Crippen LogP contribution < -0.4 is 5.73 Å². The molecule has 0 saturated heterocycles. The normalized spacial score (nSPS) is 16.3. The van der Waals surface area contributed by atoms with Gasteiger partial charge in [-0.3, -0.25) is 9.10 Å². The maximum absolute atomic E-state index is 11.1. The van der Waals surface area contributed by atoms with Gasteiger partial charge in [0.15, 0.2) is 0 Å². The van der Waals surface area contributed by atoms with Gasteiger partial charge in [0.25, 0.3) is 0 Å². The summed E-state index contributed by atoms with van der Waals surface area (Å²) >= 11 is 0. The second-order valence-corrected chi connectivity index (χ2v) is 5.33. The molecule has 0 radical (unpaired) electrons. The second kappa shape index (κ2) is 4.48. The Hall–Kier alpha value is -1.30. The molecule has 1 aliphatic heterocycles. The maximum Gasteiger partial charge on any atom is 0.232 e. The highest BCUT2D eigenvalue weighted by molar-refractivity contribution is 7.88. The number of primary amides is 1. The first-order valence-electron chi connectivity index (χ1n) is 4.52. The van der Waals surface area contributed by atoms with Crippen LogP contribution in [0.5, 0.6) is 0 Å². The lowest BCUT2D eigenvalue weighted by Gasteiger charge is -2.19. The minimum atomic E-state index is -3.17. The Morgan fingerprint density at radius 2 is 2.27 bits per heavy atom. The Morgan fingerprint density at radius 1 is 1.60 bits per heavy atom. The molecule has 0 saturated carbocycles. The molecule has 15 heavy (non-hydrogen) atoms. The molecule has 1 rings (SSSR count). The zero-order valence-corrected chi connectivity index (χ0v) is 9.33. The van der Waals surface area contributed by atoms with Crippen molar-refractivity contribution in [3.8, 4) is 0 Å². The molecule has 1 heterocycles. The molecule has 0 aromatic heterocycles. The van der Waals surface area contributed by atoms with Crippen molar-refractivity contribution in [1.82, 2.24) is 4.31 Å². The van der Waals surface area contributed by atoms with Gasteiger partial charge in [-0.2, -0.15) is 0 Å². The number of hydrogen-bond donors (Lipinski definition) is 1. The summed E-state index contributed by atoms with van der Waals surface area (Å²) in [6.45, 7) is 0.323. The summed E-state index contributed by atoms with van der Waals surface area (Å²) in [4.78, 5) is 10.5. The molecule has 0 aliphatic carbocycles. The van der Waals surface area contributed by atoms with E-state index in [0.717, 1.165) is 11.8 Å². The summed E-state index contributed by atoms with van der Waals surface area (Å²) in [7, 11) is -3.17. The third-order valence-corrected chi connectivity index (χ3v) is 3.20. The molecule has 0 atom stereocenters. The third-order valence-electron chi connectivity index (χ3n) is 2.07. The van der Waals surface area contributed by atoms with Gasteiger partial charge in [0.2, 0.25) is 15.9 Å². The highest BCUT2D eigenvalue weighted by atomic mass is 32.2. The van der Waals surface area contributed by atoms with Crippen LogP contribution in [0, 0.1) is 0 Å². The van der Waals surface area contributed by atoms with E-state index in [1.807, 2.05) is 0 Å². The SMILES string of the molecule is CS(=O)(=O)N1C=CC(CCC(N)=O)=CC1. The number of hydrogen-bond acceptors (Lipinski definition) is 3. The standard InChI is InChI=1S/C9H14N2O3S/c1-15(13,14)11-6-4-8(5-7-11)2-3-9(10)12/h4-6H,2-3,7H2,1H3,(H2,10,12). The van der Waals surface area contributed by atoms with E-state index < -0.39 is 10.0 Å². The minimum absolute atomic E-state index is 0.287. The smallest absolute Gasteiger partial charge is 0.232 e. The number of rotatable bonds is 4. The molecule has 1 amide bonds. The highest BCUT2D eigenvalue weighted by Crippen LogP contribution is 2.14. The fourth-order valence-electron chi connectivity index (χ4n) is 1.21. The maximum atomic E-state index is 11.1. The Bertz CT molecular complexity index is 409. The first-order valence-corrected chi connectivity index (χ1v) is 6.37. The van der Waals surface area contributed by atoms with E-state index in [2.05, 4.69) is 0 Å². The van der Waals surface area contributed by atoms with Gasteiger partial charge in [-0.05, 0) is 18.1 Å². The zero-order valence-electron chi connectivity index (χ0n) is 8.51. The van der Waals surface area contributed by atoms with E-state index >= 15 is 0 Å². The molecular formula is C9H14N2O3S. The molecule has 84 valence electrons. The Labute approximate surface area is 89.3 Å². The fourth-order valence-corrected chi connectivity index (χ4v) is 1.84. The number of nitrogens with zero attached hydrogens (tertiary/aromatic N) is 1. The second-order valence-electron chi connectivity index (χ2n) is 3.39. The van der Waals surface area contributed by atoms with Crippen molar-refractivity contribution in [3.05, 3.63) is 23.9 Å². The Balaban J connectivity index is 2.54. The lowest BCUT2D eigenvalue weighted by Crippen LogP contribution is -2.26. The molecule has 0 unspecified atom stereocenters. The monoisotopic (exact) mass is 230 g/mol. The molecule has 6 heteroatoms. The van der Waals surface area contributed by atoms with Crippen LogP contribution in [0.3, 0.4) is 0 Å². The Morgan fingerprint density at radius 3 is 2.67 bits per heavy atom. The van der Waals surface area contributed by atoms with Gasteiger partial charge >= 0.3 is 0 Å². The van der Waals surface area contributed by atoms with E-state index in [1.165, 1.54) is 10.5 Å². The molecule has 0 bridgehead atoms. The van der Waals surface area contributed by atoms with Crippen molar-refractivity contribution in [3.63, 3.8) is 0 Å². The fraction of sp³-hybridized carbons (Fsp3) is 0.444. The number of amides is 1. The summed E-state index contributed by atoms with van der Waals surface area (Å²) in [6, 6.07) is 0. The minimum Gasteiger partial charge on any atom is -0.370 e. The van der Waals surface area contributed by atoms with E-state index in [1.54, 1.807) is 12.2 Å². The van der Waals surface area contributed by atoms with Crippen LogP contribution in [0.25, 0.3) is 0 Å². The number of carbonyl (C=O) groups excluding carboxylic acids is 1. The predicted octanol–water partition coefficient (Wildman–Crippen LogP) is -0.0328. The van der Waals surface area contributed by atoms with Crippen molar-refractivity contribution < 1.29 is 13.2 Å². The number of nitrogens with two attached hydrogens (primary N) is 1. The first kappa shape index (κ1) is 11.8. The molecule has 0 aromatic carbocycles. The average Bonchev–Trinajstić information content (AvgIpc) is 2.14. The molecule has 0 aromatic rings. The van der Waals surface area contributed by atoms with E-state index in [9.17, 15) is 13.2 Å². The van der Waals surface area contributed by atoms with Gasteiger partial charge in [-0.25, -0.2) is 8.42 Å². The van der Waals surface area contributed by atoms with Crippen molar-refractivity contribution in [2.45, 2.75) is 12.8 Å². The third kappa shape index (κ3) is 3.75. The van der Waals surface area contributed by atoms with Crippen LogP contribution in [0.2, 0.25) is 0 Å². The van der Waals surface area contributed by atoms with E-state index in [0.29, 0.717) is 13.0 Å². The van der Waals surface area contributed by atoms with Gasteiger partial charge in [0, 0.05) is 12.6 Å². The van der Waals surface area contributed by atoms with E-state index in [4.69, 9.17) is 5.73 Å². The summed E-state index contributed by atoms with van der Waals surface area (Å²) < 4.78 is 23.5. The molecule has 1 aliphatic rings. The first-order chi connectivity index (χ1) is 6.89. The molecular weight excluding hydrogens is 216 g/mol. The summed E-state index contributed by atoms with van der Waals surface area (Å²) in [6.07, 6.45) is 6.97. The summed E-state index contributed by atoms with van der Waals surface area (Å²) in [5.74, 6) is -0.352. The lowest BCUT2D eigenvalue weighted by molar-refractivity contribution is -0.117. The van der Waals surface area contributed by atoms with Crippen LogP contribution in [-0.2, 0) is 14.8 Å². The van der Waals surface area contributed by atoms with Crippen LogP contribution >= 0.6 is 0 Å². The van der Waals surface area contributed by atoms with Crippen molar-refractivity contribution in [2.75, 3.05) is 12.8 Å². The lowest BCUT2D eigenvalue weighted by atomic mass is 10.1. The van der Waals surface area contributed by atoms with Crippen molar-refractivity contribution in [1.29, 1.82) is 0 Å². The largest absolute Gasteiger partial charge is 0.370 e. The quantitative estimate of drug-likeness (QED) is 0.736. The van der Waals surface area contributed by atoms with Crippen LogP contribution in [0.4, 0.5) is 0 Å². The van der Waals surface area contributed by atoms with Crippen LogP contribution in [0.15, 0.2) is 23.9 Å². The number of allylic oxidation sites excluding steroid dienone is 2. The van der Waals surface area contributed by atoms with Gasteiger partial charge in [0.1, 0.15) is 0 Å². The van der Waals surface area contributed by atoms with Gasteiger partial charge in [-0.1, -0.05) is 6.08 Å². The topological polar surface area (TPSA) is 80.5 Å². The van der Waals surface area contributed by atoms with Gasteiger partial charge in [0.05, 0.1) is 12.8 Å². The molecule has 2 N–H and O–H groups in total. The van der Waals surface area contributed by atoms with Crippen molar-refractivity contribution >= 4 is 15.9 Å². The van der Waals surface area contributed by atoms with Gasteiger partial charge < -0.3 is 5.73 Å². The average molecular weight is 230 g/mol. The molecule has 5 nitrogen and oxygen atoms in total. The van der Waals surface area contributed by atoms with E-state index in [-0.39, 0.29) is 12.3 Å². The van der Waals surface area contributed by atoms with Gasteiger partial charge in [-0.15, -0.1) is 0 Å². The predicted molar refractivity (Wildman–Crippen MR) is 57.2 cm³/mol. The number of sulfonamides is 1. The zero-order chi connectivity index (χ0) is 11.5. The van der Waals surface area contributed by atoms with Crippen molar-refractivity contribution in [2.24, 2.45) is 5.73 Å². The summed E-state index contributed by atoms with van der Waals surface area (Å²) in [5.41, 5.74) is 5.95. The van der Waals surface area contributed by atoms with Crippen LogP contribution in [-0.4, -0.2) is 31.4 Å². The summed E-state index contributed by atoms with van der Waals surface area (Å²) in [5, 5.41) is 0. The Kier molecular flexibility index (Phi) is 3.52. The molecule has 0 spiro atoms. The highest BCUT2D eigenvalue weighted by Gasteiger charge is 2.13. The number of carbonyl (C=O) groups is 1. The molecule has 0 fully saturated rings. The van der Waals surface area contributed by atoms with Crippen LogP contribution in [0.1, 0.15) is 12.8 Å².